The van der Waals surface area contributed by atoms with E-state index in [2.05, 4.69) is 62.6 Å². The number of ether oxygens (including phenoxy) is 1. The Labute approximate surface area is 242 Å². The van der Waals surface area contributed by atoms with E-state index in [-0.39, 0.29) is 38.7 Å². The Morgan fingerprint density at radius 1 is 0.821 bits per heavy atom. The fourth-order valence-corrected chi connectivity index (χ4v) is 5.13. The van der Waals surface area contributed by atoms with Crippen LogP contribution in [0.5, 0.6) is 17.4 Å². The summed E-state index contributed by atoms with van der Waals surface area (Å²) >= 11 is 0. The fraction of sp³-hybridized carbons (Fsp3) is 0.212. The normalized spacial score (nSPS) is 11.6. The minimum absolute atomic E-state index is 0. The summed E-state index contributed by atoms with van der Waals surface area (Å²) in [6.45, 7) is 10.4. The molecule has 0 spiro atoms. The van der Waals surface area contributed by atoms with Gasteiger partial charge in [0.2, 0.25) is 5.88 Å². The molecule has 5 nitrogen and oxygen atoms in total. The molecule has 3 aromatic heterocycles. The van der Waals surface area contributed by atoms with Crippen LogP contribution in [0, 0.1) is 13.0 Å². The molecule has 1 N–H and O–H groups in total. The molecule has 0 radical (unpaired) electrons. The van der Waals surface area contributed by atoms with Gasteiger partial charge in [-0.2, -0.15) is 6.07 Å². The zero-order valence-electron chi connectivity index (χ0n) is 22.6. The first-order chi connectivity index (χ1) is 18.3. The third-order valence-electron chi connectivity index (χ3n) is 7.10. The Balaban J connectivity index is 0.00000308. The van der Waals surface area contributed by atoms with Crippen molar-refractivity contribution in [3.05, 3.63) is 95.7 Å². The quantitative estimate of drug-likeness (QED) is 0.184. The Bertz CT molecular complexity index is 1840. The maximum atomic E-state index is 11.0. The van der Waals surface area contributed by atoms with Gasteiger partial charge in [-0.1, -0.05) is 69.6 Å². The van der Waals surface area contributed by atoms with E-state index in [1.54, 1.807) is 0 Å². The number of benzene rings is 3. The van der Waals surface area contributed by atoms with Crippen LogP contribution in [0.15, 0.2) is 72.8 Å². The molecule has 6 heteroatoms. The van der Waals surface area contributed by atoms with Gasteiger partial charge < -0.3 is 14.4 Å². The molecule has 0 amide bonds. The molecule has 3 aromatic carbocycles. The second-order valence-corrected chi connectivity index (χ2v) is 10.4. The van der Waals surface area contributed by atoms with Crippen molar-refractivity contribution in [1.29, 1.82) is 0 Å². The first kappa shape index (κ1) is 26.9. The number of pyridine rings is 2. The predicted octanol–water partition coefficient (Wildman–Crippen LogP) is 8.58. The minimum atomic E-state index is 0. The largest absolute Gasteiger partial charge is 0.505 e. The third kappa shape index (κ3) is 4.70. The molecule has 6 rings (SSSR count). The smallest absolute Gasteiger partial charge is 0.220 e. The number of phenolic OH excluding ortho intramolecular Hbond substituents is 1. The van der Waals surface area contributed by atoms with Crippen molar-refractivity contribution in [2.24, 2.45) is 0 Å². The summed E-state index contributed by atoms with van der Waals surface area (Å²) < 4.78 is 8.57. The Morgan fingerprint density at radius 2 is 1.59 bits per heavy atom. The monoisotopic (exact) mass is 695 g/mol. The second-order valence-electron chi connectivity index (χ2n) is 10.4. The number of rotatable bonds is 5. The van der Waals surface area contributed by atoms with Crippen LogP contribution in [-0.4, -0.2) is 19.6 Å². The van der Waals surface area contributed by atoms with Crippen LogP contribution in [-0.2, 0) is 21.1 Å². The van der Waals surface area contributed by atoms with Gasteiger partial charge >= 0.3 is 0 Å². The Kier molecular flexibility index (Phi) is 7.22. The van der Waals surface area contributed by atoms with Crippen LogP contribution in [0.1, 0.15) is 56.4 Å². The summed E-state index contributed by atoms with van der Waals surface area (Å²) in [5.41, 5.74) is 5.29. The maximum absolute atomic E-state index is 11.0. The van der Waals surface area contributed by atoms with E-state index in [1.807, 2.05) is 55.5 Å². The van der Waals surface area contributed by atoms with Gasteiger partial charge in [0.25, 0.3) is 0 Å². The molecule has 200 valence electrons. The van der Waals surface area contributed by atoms with E-state index in [1.165, 1.54) is 0 Å². The minimum Gasteiger partial charge on any atom is -0.505 e. The van der Waals surface area contributed by atoms with Gasteiger partial charge in [0.15, 0.2) is 0 Å². The van der Waals surface area contributed by atoms with Crippen LogP contribution in [0.4, 0.5) is 0 Å². The number of para-hydroxylation sites is 1. The Hall–Kier alpha value is -3.69. The number of aromatic hydroxyl groups is 1. The number of nitrogens with zero attached hydrogens (tertiary/aromatic N) is 3. The van der Waals surface area contributed by atoms with Gasteiger partial charge in [0.05, 0.1) is 0 Å². The number of phenols is 1. The molecule has 0 saturated carbocycles. The van der Waals surface area contributed by atoms with Gasteiger partial charge in [-0.25, -0.2) is 9.97 Å². The van der Waals surface area contributed by atoms with Gasteiger partial charge in [-0.15, -0.1) is 17.5 Å². The number of aromatic nitrogens is 3. The third-order valence-corrected chi connectivity index (χ3v) is 7.10. The molecule has 0 aliphatic carbocycles. The molecule has 0 unspecified atom stereocenters. The second kappa shape index (κ2) is 10.5. The molecule has 39 heavy (non-hydrogen) atoms. The zero-order chi connectivity index (χ0) is 26.6. The molecule has 6 aromatic rings. The molecule has 0 atom stereocenters. The molecule has 0 bridgehead atoms. The summed E-state index contributed by atoms with van der Waals surface area (Å²) in [5.74, 6) is 2.45. The standard InChI is InChI=1S/C33H30N3O2.Pt/c1-19(2)24-15-13-22-17-27(20(3)4)33(35-31(22)32(24)37)38-23-14-16-26-25-10-6-7-11-28(25)36(29(26)18-23)30-12-8-9-21(5)34-30;/h6-17,19-20,37H,1-5H3;/q-1;. The van der Waals surface area contributed by atoms with E-state index in [4.69, 9.17) is 14.7 Å². The number of hydrogen-bond donors (Lipinski definition) is 1. The molecular weight excluding hydrogens is 665 g/mol. The Morgan fingerprint density at radius 3 is 2.33 bits per heavy atom. The SMILES string of the molecule is Cc1cccc(-n2c3[c-]c(Oc4nc5c(O)c(C(C)C)ccc5cc4C(C)C)ccc3c3ccccc32)n1.[Pt]. The predicted molar refractivity (Wildman–Crippen MR) is 154 cm³/mol. The summed E-state index contributed by atoms with van der Waals surface area (Å²) in [6, 6.07) is 27.9. The van der Waals surface area contributed by atoms with E-state index in [9.17, 15) is 5.11 Å². The van der Waals surface area contributed by atoms with Crippen molar-refractivity contribution in [3.8, 4) is 23.2 Å². The number of fused-ring (bicyclic) bond motifs is 4. The average Bonchev–Trinajstić information content (AvgIpc) is 3.22. The van der Waals surface area contributed by atoms with Crippen molar-refractivity contribution >= 4 is 32.7 Å². The maximum Gasteiger partial charge on any atom is 0.220 e. The topological polar surface area (TPSA) is 60.2 Å². The molecule has 0 aliphatic heterocycles. The summed E-state index contributed by atoms with van der Waals surface area (Å²) in [6.07, 6.45) is 0. The summed E-state index contributed by atoms with van der Waals surface area (Å²) in [4.78, 5) is 9.63. The molecular formula is C33H30N3O2Pt-. The van der Waals surface area contributed by atoms with Crippen LogP contribution in [0.25, 0.3) is 38.5 Å². The molecule has 0 saturated heterocycles. The van der Waals surface area contributed by atoms with Gasteiger partial charge in [0.1, 0.15) is 17.1 Å². The molecule has 0 aliphatic rings. The van der Waals surface area contributed by atoms with E-state index in [0.29, 0.717) is 17.1 Å². The van der Waals surface area contributed by atoms with E-state index < -0.39 is 0 Å². The van der Waals surface area contributed by atoms with Gasteiger partial charge in [0, 0.05) is 49.0 Å². The van der Waals surface area contributed by atoms with Crippen LogP contribution < -0.4 is 4.74 Å². The van der Waals surface area contributed by atoms with Crippen LogP contribution in [0.3, 0.4) is 0 Å². The average molecular weight is 696 g/mol. The fourth-order valence-electron chi connectivity index (χ4n) is 5.13. The van der Waals surface area contributed by atoms with Crippen molar-refractivity contribution < 1.29 is 30.9 Å². The number of aryl methyl sites for hydroxylation is 1. The van der Waals surface area contributed by atoms with Crippen LogP contribution in [0.2, 0.25) is 0 Å². The van der Waals surface area contributed by atoms with E-state index in [0.717, 1.165) is 49.8 Å². The van der Waals surface area contributed by atoms with Crippen molar-refractivity contribution in [3.63, 3.8) is 0 Å². The summed E-state index contributed by atoms with van der Waals surface area (Å²) in [7, 11) is 0. The van der Waals surface area contributed by atoms with Crippen molar-refractivity contribution in [2.45, 2.75) is 46.5 Å². The number of hydrogen-bond acceptors (Lipinski definition) is 4. The van der Waals surface area contributed by atoms with Gasteiger partial charge in [-0.3, -0.25) is 0 Å². The summed E-state index contributed by atoms with van der Waals surface area (Å²) in [5, 5.41) is 14.1. The van der Waals surface area contributed by atoms with Crippen molar-refractivity contribution in [2.75, 3.05) is 0 Å². The van der Waals surface area contributed by atoms with Crippen molar-refractivity contribution in [1.82, 2.24) is 14.5 Å². The first-order valence-electron chi connectivity index (χ1n) is 13.1. The zero-order valence-corrected chi connectivity index (χ0v) is 24.9. The van der Waals surface area contributed by atoms with E-state index >= 15 is 0 Å². The first-order valence-corrected chi connectivity index (χ1v) is 13.1. The molecule has 0 fully saturated rings. The molecule has 3 heterocycles. The van der Waals surface area contributed by atoms with Gasteiger partial charge in [-0.05, 0) is 54.0 Å². The van der Waals surface area contributed by atoms with Crippen LogP contribution >= 0.6 is 0 Å².